The minimum Gasteiger partial charge on any atom is -0.462 e. The highest BCUT2D eigenvalue weighted by Crippen LogP contribution is 2.41. The SMILES string of the molecule is CC(O)CON1C(C)(C)CC(OC(=O)CCCCC(=O)OC2CC(C)(C)N(OCC(C)(C)O)C(C)(C)C2)CC1(C)C. The van der Waals surface area contributed by atoms with E-state index in [4.69, 9.17) is 19.1 Å². The van der Waals surface area contributed by atoms with Gasteiger partial charge in [-0.05, 0) is 89.0 Å². The topological polar surface area (TPSA) is 118 Å². The number of piperidine rings is 2. The van der Waals surface area contributed by atoms with E-state index >= 15 is 0 Å². The van der Waals surface area contributed by atoms with Crippen molar-refractivity contribution in [1.29, 1.82) is 0 Å². The van der Waals surface area contributed by atoms with Gasteiger partial charge in [-0.15, -0.1) is 0 Å². The van der Waals surface area contributed by atoms with Gasteiger partial charge in [-0.3, -0.25) is 19.3 Å². The van der Waals surface area contributed by atoms with E-state index in [0.29, 0.717) is 38.5 Å². The highest BCUT2D eigenvalue weighted by Gasteiger charge is 2.49. The van der Waals surface area contributed by atoms with E-state index in [1.165, 1.54) is 0 Å². The summed E-state index contributed by atoms with van der Waals surface area (Å²) in [5, 5.41) is 23.6. The number of esters is 2. The Labute approximate surface area is 247 Å². The molecule has 1 unspecified atom stereocenters. The zero-order chi connectivity index (χ0) is 31.4. The number of carbonyl (C=O) groups excluding carboxylic acids is 2. The van der Waals surface area contributed by atoms with E-state index < -0.39 is 11.7 Å². The Hall–Kier alpha value is -1.30. The molecule has 41 heavy (non-hydrogen) atoms. The van der Waals surface area contributed by atoms with E-state index in [2.05, 4.69) is 55.4 Å². The molecular weight excluding hydrogens is 528 g/mol. The molecule has 2 aliphatic rings. The van der Waals surface area contributed by atoms with Crippen molar-refractivity contribution in [2.45, 2.75) is 174 Å². The monoisotopic (exact) mass is 586 g/mol. The molecule has 10 nitrogen and oxygen atoms in total. The van der Waals surface area contributed by atoms with Crippen LogP contribution in [-0.2, 0) is 28.7 Å². The predicted octanol–water partition coefficient (Wildman–Crippen LogP) is 4.69. The summed E-state index contributed by atoms with van der Waals surface area (Å²) in [6.45, 7) is 21.9. The molecule has 2 heterocycles. The molecule has 10 heteroatoms. The summed E-state index contributed by atoms with van der Waals surface area (Å²) in [5.74, 6) is -0.510. The fourth-order valence-electron chi connectivity index (χ4n) is 6.64. The average Bonchev–Trinajstić information content (AvgIpc) is 2.72. The van der Waals surface area contributed by atoms with Crippen LogP contribution in [0.4, 0.5) is 0 Å². The molecule has 2 fully saturated rings. The van der Waals surface area contributed by atoms with Gasteiger partial charge in [-0.1, -0.05) is 0 Å². The van der Waals surface area contributed by atoms with Crippen LogP contribution in [0.5, 0.6) is 0 Å². The second kappa shape index (κ2) is 13.6. The van der Waals surface area contributed by atoms with Gasteiger partial charge in [0.25, 0.3) is 0 Å². The average molecular weight is 587 g/mol. The zero-order valence-corrected chi connectivity index (χ0v) is 27.5. The van der Waals surface area contributed by atoms with Gasteiger partial charge in [-0.25, -0.2) is 0 Å². The van der Waals surface area contributed by atoms with Crippen molar-refractivity contribution >= 4 is 11.9 Å². The normalized spacial score (nSPS) is 24.1. The number of hydrogen-bond acceptors (Lipinski definition) is 10. The largest absolute Gasteiger partial charge is 0.462 e. The summed E-state index contributed by atoms with van der Waals surface area (Å²) in [7, 11) is 0. The quantitative estimate of drug-likeness (QED) is 0.232. The maximum Gasteiger partial charge on any atom is 0.306 e. The molecule has 0 aromatic rings. The van der Waals surface area contributed by atoms with Crippen molar-refractivity contribution in [3.63, 3.8) is 0 Å². The molecule has 0 radical (unpaired) electrons. The molecule has 2 saturated heterocycles. The zero-order valence-electron chi connectivity index (χ0n) is 27.5. The second-order valence-electron chi connectivity index (χ2n) is 15.3. The fraction of sp³-hybridized carbons (Fsp3) is 0.935. The van der Waals surface area contributed by atoms with Gasteiger partial charge in [0.15, 0.2) is 0 Å². The summed E-state index contributed by atoms with van der Waals surface area (Å²) < 4.78 is 11.7. The van der Waals surface area contributed by atoms with E-state index in [0.717, 1.165) is 0 Å². The van der Waals surface area contributed by atoms with Crippen molar-refractivity contribution in [1.82, 2.24) is 10.1 Å². The van der Waals surface area contributed by atoms with Crippen molar-refractivity contribution in [2.75, 3.05) is 13.2 Å². The maximum absolute atomic E-state index is 12.7. The summed E-state index contributed by atoms with van der Waals surface area (Å²) in [4.78, 5) is 37.2. The Morgan fingerprint density at radius 1 is 0.756 bits per heavy atom. The van der Waals surface area contributed by atoms with Crippen LogP contribution in [0.1, 0.15) is 128 Å². The van der Waals surface area contributed by atoms with Crippen molar-refractivity contribution in [3.05, 3.63) is 0 Å². The third kappa shape index (κ3) is 11.0. The summed E-state index contributed by atoms with van der Waals surface area (Å²) in [6, 6.07) is 0. The van der Waals surface area contributed by atoms with Gasteiger partial charge in [0, 0.05) is 60.7 Å². The van der Waals surface area contributed by atoms with Gasteiger partial charge in [-0.2, -0.15) is 10.1 Å². The molecule has 240 valence electrons. The van der Waals surface area contributed by atoms with Gasteiger partial charge in [0.05, 0.1) is 24.9 Å². The molecule has 2 rings (SSSR count). The number of nitrogens with zero attached hydrogens (tertiary/aromatic N) is 2. The van der Waals surface area contributed by atoms with Crippen LogP contribution >= 0.6 is 0 Å². The van der Waals surface area contributed by atoms with Crippen LogP contribution in [0.15, 0.2) is 0 Å². The number of hydrogen-bond donors (Lipinski definition) is 2. The molecule has 0 amide bonds. The van der Waals surface area contributed by atoms with Gasteiger partial charge in [0.2, 0.25) is 0 Å². The van der Waals surface area contributed by atoms with E-state index in [1.54, 1.807) is 20.8 Å². The van der Waals surface area contributed by atoms with Crippen LogP contribution in [0.3, 0.4) is 0 Å². The van der Waals surface area contributed by atoms with E-state index in [-0.39, 0.29) is 72.4 Å². The van der Waals surface area contributed by atoms with Crippen LogP contribution in [-0.4, -0.2) is 91.6 Å². The van der Waals surface area contributed by atoms with Crippen molar-refractivity contribution in [3.8, 4) is 0 Å². The highest BCUT2D eigenvalue weighted by atomic mass is 16.7. The third-order valence-corrected chi connectivity index (χ3v) is 7.71. The van der Waals surface area contributed by atoms with Crippen LogP contribution in [0, 0.1) is 0 Å². The molecule has 0 saturated carbocycles. The standard InChI is InChI=1S/C31H58N2O8/c1-22(34)20-38-32-27(2,3)16-23(17-28(32,4)5)40-25(35)14-12-13-15-26(36)41-24-18-29(6,7)33(30(8,9)19-24)39-21-31(10,11)37/h22-24,34,37H,12-21H2,1-11H3. The molecular formula is C31H58N2O8. The smallest absolute Gasteiger partial charge is 0.306 e. The van der Waals surface area contributed by atoms with E-state index in [1.807, 2.05) is 10.1 Å². The lowest BCUT2D eigenvalue weighted by Crippen LogP contribution is -2.62. The molecule has 1 atom stereocenters. The Morgan fingerprint density at radius 3 is 1.41 bits per heavy atom. The highest BCUT2D eigenvalue weighted by molar-refractivity contribution is 5.71. The number of rotatable bonds is 13. The Morgan fingerprint density at radius 2 is 1.10 bits per heavy atom. The molecule has 0 aliphatic carbocycles. The third-order valence-electron chi connectivity index (χ3n) is 7.71. The Bertz CT molecular complexity index is 842. The van der Waals surface area contributed by atoms with E-state index in [9.17, 15) is 19.8 Å². The molecule has 2 N–H and O–H groups in total. The van der Waals surface area contributed by atoms with Crippen LogP contribution < -0.4 is 0 Å². The fourth-order valence-corrected chi connectivity index (χ4v) is 6.64. The summed E-state index contributed by atoms with van der Waals surface area (Å²) >= 11 is 0. The summed E-state index contributed by atoms with van der Waals surface area (Å²) in [5.41, 5.74) is -2.45. The molecule has 0 aromatic heterocycles. The maximum atomic E-state index is 12.7. The van der Waals surface area contributed by atoms with Crippen molar-refractivity contribution < 1.29 is 39.0 Å². The number of ether oxygens (including phenoxy) is 2. The first-order valence-corrected chi connectivity index (χ1v) is 15.2. The van der Waals surface area contributed by atoms with Gasteiger partial charge < -0.3 is 19.7 Å². The van der Waals surface area contributed by atoms with Gasteiger partial charge >= 0.3 is 11.9 Å². The number of aliphatic hydroxyl groups excluding tert-OH is 1. The Kier molecular flexibility index (Phi) is 11.9. The lowest BCUT2D eigenvalue weighted by molar-refractivity contribution is -0.306. The lowest BCUT2D eigenvalue weighted by Gasteiger charge is -2.53. The lowest BCUT2D eigenvalue weighted by atomic mass is 9.80. The van der Waals surface area contributed by atoms with Crippen molar-refractivity contribution in [2.24, 2.45) is 0 Å². The number of unbranched alkanes of at least 4 members (excludes halogenated alkanes) is 1. The molecule has 0 spiro atoms. The number of carbonyl (C=O) groups is 2. The predicted molar refractivity (Wildman–Crippen MR) is 157 cm³/mol. The van der Waals surface area contributed by atoms with Crippen LogP contribution in [0.25, 0.3) is 0 Å². The first-order valence-electron chi connectivity index (χ1n) is 15.2. The minimum absolute atomic E-state index is 0.180. The Balaban J connectivity index is 1.77. The molecule has 2 aliphatic heterocycles. The molecule has 0 bridgehead atoms. The van der Waals surface area contributed by atoms with Gasteiger partial charge in [0.1, 0.15) is 12.2 Å². The first kappa shape index (κ1) is 35.9. The molecule has 0 aromatic carbocycles. The number of hydroxylamine groups is 4. The number of aliphatic hydroxyl groups is 2. The second-order valence-corrected chi connectivity index (χ2v) is 15.3. The summed E-state index contributed by atoms with van der Waals surface area (Å²) in [6.07, 6.45) is 3.08. The first-order chi connectivity index (χ1) is 18.5. The van der Waals surface area contributed by atoms with Crippen LogP contribution in [0.2, 0.25) is 0 Å². The minimum atomic E-state index is -0.943.